The fourth-order valence-electron chi connectivity index (χ4n) is 3.62. The molecule has 0 spiro atoms. The van der Waals surface area contributed by atoms with Gasteiger partial charge in [0.2, 0.25) is 0 Å². The van der Waals surface area contributed by atoms with Crippen LogP contribution in [0.3, 0.4) is 0 Å². The molecule has 0 fully saturated rings. The number of esters is 1. The van der Waals surface area contributed by atoms with Gasteiger partial charge in [-0.25, -0.2) is 4.79 Å². The molecule has 2 aromatic carbocycles. The van der Waals surface area contributed by atoms with Gasteiger partial charge in [-0.3, -0.25) is 0 Å². The fraction of sp³-hybridized carbons (Fsp3) is 0.552. The van der Waals surface area contributed by atoms with Crippen molar-refractivity contribution >= 4 is 5.97 Å². The minimum atomic E-state index is -0.365. The largest absolute Gasteiger partial charge is 0.494 e. The van der Waals surface area contributed by atoms with E-state index in [0.717, 1.165) is 37.4 Å². The minimum Gasteiger partial charge on any atom is -0.494 e. The Balaban J connectivity index is 1.72. The van der Waals surface area contributed by atoms with Crippen molar-refractivity contribution in [3.05, 3.63) is 59.7 Å². The summed E-state index contributed by atoms with van der Waals surface area (Å²) in [6.45, 7) is 7.97. The van der Waals surface area contributed by atoms with Crippen LogP contribution in [-0.4, -0.2) is 19.2 Å². The maximum atomic E-state index is 12.5. The first-order chi connectivity index (χ1) is 16.1. The molecule has 33 heavy (non-hydrogen) atoms. The maximum absolute atomic E-state index is 12.5. The van der Waals surface area contributed by atoms with Gasteiger partial charge < -0.3 is 14.2 Å². The van der Waals surface area contributed by atoms with Gasteiger partial charge in [-0.05, 0) is 61.7 Å². The Morgan fingerprint density at radius 3 is 1.91 bits per heavy atom. The normalized spacial score (nSPS) is 11.8. The van der Waals surface area contributed by atoms with Gasteiger partial charge in [0.15, 0.2) is 0 Å². The fourth-order valence-corrected chi connectivity index (χ4v) is 3.62. The number of hydrogen-bond acceptors (Lipinski definition) is 4. The molecule has 4 heteroatoms. The van der Waals surface area contributed by atoms with Gasteiger partial charge in [-0.2, -0.15) is 0 Å². The van der Waals surface area contributed by atoms with Crippen molar-refractivity contribution < 1.29 is 19.0 Å². The lowest BCUT2D eigenvalue weighted by Gasteiger charge is -2.14. The molecule has 1 unspecified atom stereocenters. The predicted octanol–water partition coefficient (Wildman–Crippen LogP) is 8.30. The highest BCUT2D eigenvalue weighted by molar-refractivity contribution is 5.91. The Hall–Kier alpha value is -2.33. The van der Waals surface area contributed by atoms with Crippen molar-refractivity contribution in [1.29, 1.82) is 0 Å². The standard InChI is InChI=1S/C29H42O4/c1-4-6-8-10-11-13-23-32-27-18-20-28(21-19-27)33-29(30)26-16-14-25(15-17-26)24(3)31-22-12-9-7-5-2/h14-21,24H,4-13,22-23H2,1-3H3. The molecule has 0 amide bonds. The summed E-state index contributed by atoms with van der Waals surface area (Å²) < 4.78 is 17.2. The zero-order valence-corrected chi connectivity index (χ0v) is 20.8. The number of hydrogen-bond donors (Lipinski definition) is 0. The third-order valence-electron chi connectivity index (χ3n) is 5.78. The molecule has 2 aromatic rings. The van der Waals surface area contributed by atoms with E-state index >= 15 is 0 Å². The van der Waals surface area contributed by atoms with E-state index < -0.39 is 0 Å². The van der Waals surface area contributed by atoms with Gasteiger partial charge in [0.25, 0.3) is 0 Å². The molecule has 2 rings (SSSR count). The Bertz CT molecular complexity index is 767. The predicted molar refractivity (Wildman–Crippen MR) is 135 cm³/mol. The first-order valence-corrected chi connectivity index (χ1v) is 12.8. The van der Waals surface area contributed by atoms with E-state index in [1.165, 1.54) is 51.4 Å². The van der Waals surface area contributed by atoms with E-state index in [2.05, 4.69) is 13.8 Å². The molecule has 0 radical (unpaired) electrons. The van der Waals surface area contributed by atoms with Crippen LogP contribution < -0.4 is 9.47 Å². The summed E-state index contributed by atoms with van der Waals surface area (Å²) >= 11 is 0. The molecule has 0 heterocycles. The van der Waals surface area contributed by atoms with E-state index in [4.69, 9.17) is 14.2 Å². The van der Waals surface area contributed by atoms with Gasteiger partial charge in [-0.1, -0.05) is 77.3 Å². The van der Waals surface area contributed by atoms with Crippen LogP contribution in [0.5, 0.6) is 11.5 Å². The Kier molecular flexibility index (Phi) is 13.3. The van der Waals surface area contributed by atoms with Crippen LogP contribution >= 0.6 is 0 Å². The van der Waals surface area contributed by atoms with Crippen LogP contribution in [0.4, 0.5) is 0 Å². The second-order valence-corrected chi connectivity index (χ2v) is 8.67. The molecule has 0 aliphatic rings. The molecule has 182 valence electrons. The number of unbranched alkanes of at least 4 members (excludes halogenated alkanes) is 8. The average Bonchev–Trinajstić information content (AvgIpc) is 2.84. The van der Waals surface area contributed by atoms with Crippen molar-refractivity contribution in [2.45, 2.75) is 91.1 Å². The van der Waals surface area contributed by atoms with E-state index in [1.807, 2.05) is 31.2 Å². The molecule has 4 nitrogen and oxygen atoms in total. The summed E-state index contributed by atoms with van der Waals surface area (Å²) in [7, 11) is 0. The molecule has 0 saturated heterocycles. The second-order valence-electron chi connectivity index (χ2n) is 8.67. The van der Waals surface area contributed by atoms with Gasteiger partial charge in [0.05, 0.1) is 18.3 Å². The molecular formula is C29H42O4. The molecule has 0 aliphatic heterocycles. The SMILES string of the molecule is CCCCCCCCOc1ccc(OC(=O)c2ccc(C(C)OCCCCCC)cc2)cc1. The highest BCUT2D eigenvalue weighted by Gasteiger charge is 2.11. The molecule has 0 saturated carbocycles. The van der Waals surface area contributed by atoms with Crippen molar-refractivity contribution in [1.82, 2.24) is 0 Å². The van der Waals surface area contributed by atoms with E-state index in [-0.39, 0.29) is 12.1 Å². The first-order valence-electron chi connectivity index (χ1n) is 12.8. The molecular weight excluding hydrogens is 412 g/mol. The van der Waals surface area contributed by atoms with Crippen molar-refractivity contribution in [3.63, 3.8) is 0 Å². The molecule has 0 bridgehead atoms. The van der Waals surface area contributed by atoms with E-state index in [9.17, 15) is 4.79 Å². The Morgan fingerprint density at radius 1 is 0.697 bits per heavy atom. The third-order valence-corrected chi connectivity index (χ3v) is 5.78. The number of ether oxygens (including phenoxy) is 3. The van der Waals surface area contributed by atoms with Crippen LogP contribution in [0.25, 0.3) is 0 Å². The van der Waals surface area contributed by atoms with Crippen molar-refractivity contribution in [2.24, 2.45) is 0 Å². The van der Waals surface area contributed by atoms with Gasteiger partial charge in [0.1, 0.15) is 11.5 Å². The molecule has 0 N–H and O–H groups in total. The third kappa shape index (κ3) is 10.9. The smallest absolute Gasteiger partial charge is 0.343 e. The van der Waals surface area contributed by atoms with E-state index in [1.54, 1.807) is 24.3 Å². The summed E-state index contributed by atoms with van der Waals surface area (Å²) in [6, 6.07) is 14.7. The topological polar surface area (TPSA) is 44.8 Å². The van der Waals surface area contributed by atoms with Gasteiger partial charge >= 0.3 is 5.97 Å². The summed E-state index contributed by atoms with van der Waals surface area (Å²) in [5.41, 5.74) is 1.59. The number of benzene rings is 2. The van der Waals surface area contributed by atoms with Crippen LogP contribution in [0, 0.1) is 0 Å². The lowest BCUT2D eigenvalue weighted by atomic mass is 10.1. The molecule has 0 aliphatic carbocycles. The van der Waals surface area contributed by atoms with Crippen molar-refractivity contribution in [2.75, 3.05) is 13.2 Å². The highest BCUT2D eigenvalue weighted by atomic mass is 16.5. The van der Waals surface area contributed by atoms with Gasteiger partial charge in [0, 0.05) is 6.61 Å². The Labute approximate surface area is 200 Å². The molecule has 1 atom stereocenters. The lowest BCUT2D eigenvalue weighted by Crippen LogP contribution is -2.09. The van der Waals surface area contributed by atoms with Gasteiger partial charge in [-0.15, -0.1) is 0 Å². The monoisotopic (exact) mass is 454 g/mol. The van der Waals surface area contributed by atoms with Crippen LogP contribution in [-0.2, 0) is 4.74 Å². The number of carbonyl (C=O) groups is 1. The number of carbonyl (C=O) groups excluding carboxylic acids is 1. The first kappa shape index (κ1) is 26.9. The zero-order valence-electron chi connectivity index (χ0n) is 20.8. The van der Waals surface area contributed by atoms with Crippen LogP contribution in [0.2, 0.25) is 0 Å². The summed E-state index contributed by atoms with van der Waals surface area (Å²) in [5.74, 6) is 0.951. The minimum absolute atomic E-state index is 0.0144. The highest BCUT2D eigenvalue weighted by Crippen LogP contribution is 2.21. The second kappa shape index (κ2) is 16.3. The maximum Gasteiger partial charge on any atom is 0.343 e. The summed E-state index contributed by atoms with van der Waals surface area (Å²) in [4.78, 5) is 12.5. The average molecular weight is 455 g/mol. The quantitative estimate of drug-likeness (QED) is 0.137. The Morgan fingerprint density at radius 2 is 1.24 bits per heavy atom. The number of rotatable bonds is 17. The lowest BCUT2D eigenvalue weighted by molar-refractivity contribution is 0.0626. The zero-order chi connectivity index (χ0) is 23.7. The van der Waals surface area contributed by atoms with Crippen molar-refractivity contribution in [3.8, 4) is 11.5 Å². The van der Waals surface area contributed by atoms with Crippen LogP contribution in [0.15, 0.2) is 48.5 Å². The van der Waals surface area contributed by atoms with E-state index in [0.29, 0.717) is 11.3 Å². The summed E-state index contributed by atoms with van der Waals surface area (Å²) in [5, 5.41) is 0. The molecule has 0 aromatic heterocycles. The summed E-state index contributed by atoms with van der Waals surface area (Å²) in [6.07, 6.45) is 12.2. The van der Waals surface area contributed by atoms with Crippen LogP contribution in [0.1, 0.15) is 107 Å².